The number of hydrogen-bond acceptors (Lipinski definition) is 4. The third-order valence-electron chi connectivity index (χ3n) is 3.14. The van der Waals surface area contributed by atoms with Crippen LogP contribution in [0.1, 0.15) is 31.4 Å². The first-order valence-corrected chi connectivity index (χ1v) is 10.3. The predicted octanol–water partition coefficient (Wildman–Crippen LogP) is 3.03. The van der Waals surface area contributed by atoms with Crippen LogP contribution in [0.25, 0.3) is 0 Å². The summed E-state index contributed by atoms with van der Waals surface area (Å²) >= 11 is 5.21. The van der Waals surface area contributed by atoms with Gasteiger partial charge < -0.3 is 5.73 Å². The van der Waals surface area contributed by atoms with Crippen molar-refractivity contribution >= 4 is 37.7 Å². The molecule has 0 aliphatic carbocycles. The molecule has 0 saturated heterocycles. The number of rotatable bonds is 8. The highest BCUT2D eigenvalue weighted by Gasteiger charge is 2.21. The second-order valence-electron chi connectivity index (χ2n) is 4.91. The summed E-state index contributed by atoms with van der Waals surface area (Å²) in [6.45, 7) is 6.09. The van der Waals surface area contributed by atoms with E-state index in [-0.39, 0.29) is 6.04 Å². The lowest BCUT2D eigenvalue weighted by atomic mass is 10.1. The number of hydrogen-bond donors (Lipinski definition) is 2. The van der Waals surface area contributed by atoms with Crippen LogP contribution < -0.4 is 10.5 Å². The molecule has 120 valence electrons. The van der Waals surface area contributed by atoms with Gasteiger partial charge in [-0.3, -0.25) is 0 Å². The van der Waals surface area contributed by atoms with Gasteiger partial charge in [0.1, 0.15) is 0 Å². The number of halogens is 1. The minimum absolute atomic E-state index is 0.0891. The van der Waals surface area contributed by atoms with Crippen molar-refractivity contribution in [2.24, 2.45) is 5.73 Å². The molecular weight excluding hydrogens is 372 g/mol. The Balaban J connectivity index is 2.95. The Morgan fingerprint density at radius 3 is 2.67 bits per heavy atom. The minimum Gasteiger partial charge on any atom is -0.326 e. The van der Waals surface area contributed by atoms with Crippen molar-refractivity contribution in [2.45, 2.75) is 44.7 Å². The summed E-state index contributed by atoms with van der Waals surface area (Å²) in [5.74, 6) is 2.00. The maximum atomic E-state index is 12.5. The van der Waals surface area contributed by atoms with E-state index in [4.69, 9.17) is 5.73 Å². The topological polar surface area (TPSA) is 72.2 Å². The Morgan fingerprint density at radius 1 is 1.43 bits per heavy atom. The van der Waals surface area contributed by atoms with Crippen molar-refractivity contribution in [2.75, 3.05) is 11.5 Å². The van der Waals surface area contributed by atoms with E-state index in [1.807, 2.05) is 24.8 Å². The number of thioether (sulfide) groups is 1. The second kappa shape index (κ2) is 8.53. The van der Waals surface area contributed by atoms with Crippen LogP contribution >= 0.6 is 27.7 Å². The van der Waals surface area contributed by atoms with E-state index < -0.39 is 10.0 Å². The first-order chi connectivity index (χ1) is 9.81. The minimum atomic E-state index is -3.53. The summed E-state index contributed by atoms with van der Waals surface area (Å²) in [5, 5.41) is 0. The Bertz CT molecular complexity index is 577. The zero-order valence-electron chi connectivity index (χ0n) is 12.6. The lowest BCUT2D eigenvalue weighted by molar-refractivity contribution is 0.556. The van der Waals surface area contributed by atoms with Crippen LogP contribution in [-0.4, -0.2) is 26.0 Å². The van der Waals surface area contributed by atoms with Gasteiger partial charge in [-0.05, 0) is 55.0 Å². The van der Waals surface area contributed by atoms with E-state index in [9.17, 15) is 8.42 Å². The molecule has 0 aliphatic rings. The molecule has 0 saturated carbocycles. The van der Waals surface area contributed by atoms with Crippen molar-refractivity contribution in [3.8, 4) is 0 Å². The molecule has 0 heterocycles. The molecule has 1 rings (SSSR count). The second-order valence-corrected chi connectivity index (χ2v) is 8.84. The standard InChI is InChI=1S/C14H23BrN2O2S2/c1-4-20-6-5-10(2)17-21(18,19)14-8-12(9-16)7-13(15)11(14)3/h7-8,10,17H,4-6,9,16H2,1-3H3. The van der Waals surface area contributed by atoms with Crippen molar-refractivity contribution in [3.05, 3.63) is 27.7 Å². The van der Waals surface area contributed by atoms with Crippen LogP contribution in [0.5, 0.6) is 0 Å². The van der Waals surface area contributed by atoms with Gasteiger partial charge in [0.15, 0.2) is 0 Å². The molecule has 21 heavy (non-hydrogen) atoms. The van der Waals surface area contributed by atoms with Gasteiger partial charge in [0.25, 0.3) is 0 Å². The fourth-order valence-electron chi connectivity index (χ4n) is 1.90. The highest BCUT2D eigenvalue weighted by Crippen LogP contribution is 2.26. The molecule has 4 nitrogen and oxygen atoms in total. The van der Waals surface area contributed by atoms with Gasteiger partial charge in [0.05, 0.1) is 4.90 Å². The number of nitrogens with one attached hydrogen (secondary N) is 1. The van der Waals surface area contributed by atoms with Gasteiger partial charge in [-0.1, -0.05) is 22.9 Å². The zero-order chi connectivity index (χ0) is 16.0. The quantitative estimate of drug-likeness (QED) is 0.664. The van der Waals surface area contributed by atoms with E-state index in [0.29, 0.717) is 17.0 Å². The molecule has 0 fully saturated rings. The largest absolute Gasteiger partial charge is 0.326 e. The van der Waals surface area contributed by atoms with E-state index in [1.54, 1.807) is 13.0 Å². The molecule has 1 aromatic carbocycles. The van der Waals surface area contributed by atoms with Crippen LogP contribution in [0.15, 0.2) is 21.5 Å². The smallest absolute Gasteiger partial charge is 0.241 e. The van der Waals surface area contributed by atoms with E-state index >= 15 is 0 Å². The van der Waals surface area contributed by atoms with Crippen LogP contribution in [0, 0.1) is 6.92 Å². The van der Waals surface area contributed by atoms with Crippen molar-refractivity contribution in [1.29, 1.82) is 0 Å². The lowest BCUT2D eigenvalue weighted by Crippen LogP contribution is -2.33. The fourth-order valence-corrected chi connectivity index (χ4v) is 4.94. The molecule has 0 amide bonds. The van der Waals surface area contributed by atoms with Gasteiger partial charge in [-0.2, -0.15) is 11.8 Å². The highest BCUT2D eigenvalue weighted by atomic mass is 79.9. The summed E-state index contributed by atoms with van der Waals surface area (Å²) in [4.78, 5) is 0.298. The van der Waals surface area contributed by atoms with Crippen LogP contribution in [0.4, 0.5) is 0 Å². The van der Waals surface area contributed by atoms with E-state index in [1.165, 1.54) is 0 Å². The van der Waals surface area contributed by atoms with Gasteiger partial charge >= 0.3 is 0 Å². The summed E-state index contributed by atoms with van der Waals surface area (Å²) in [7, 11) is -3.53. The van der Waals surface area contributed by atoms with Crippen molar-refractivity contribution < 1.29 is 8.42 Å². The molecule has 0 aliphatic heterocycles. The average molecular weight is 395 g/mol. The zero-order valence-corrected chi connectivity index (χ0v) is 15.9. The van der Waals surface area contributed by atoms with Crippen LogP contribution in [0.2, 0.25) is 0 Å². The Labute approximate surface area is 140 Å². The molecule has 0 radical (unpaired) electrons. The predicted molar refractivity (Wildman–Crippen MR) is 94.2 cm³/mol. The Morgan fingerprint density at radius 2 is 2.10 bits per heavy atom. The SMILES string of the molecule is CCSCCC(C)NS(=O)(=O)c1cc(CN)cc(Br)c1C. The molecule has 0 spiro atoms. The molecule has 7 heteroatoms. The van der Waals surface area contributed by atoms with Crippen LogP contribution in [0.3, 0.4) is 0 Å². The third kappa shape index (κ3) is 5.56. The van der Waals surface area contributed by atoms with E-state index in [2.05, 4.69) is 27.6 Å². The normalized spacial score (nSPS) is 13.4. The molecule has 1 unspecified atom stereocenters. The Hall–Kier alpha value is -0.0800. The average Bonchev–Trinajstić information content (AvgIpc) is 2.41. The molecular formula is C14H23BrN2O2S2. The number of sulfonamides is 1. The third-order valence-corrected chi connectivity index (χ3v) is 6.61. The van der Waals surface area contributed by atoms with Crippen molar-refractivity contribution in [3.63, 3.8) is 0 Å². The summed E-state index contributed by atoms with van der Waals surface area (Å²) < 4.78 is 28.6. The number of benzene rings is 1. The Kier molecular flexibility index (Phi) is 7.70. The summed E-state index contributed by atoms with van der Waals surface area (Å²) in [6, 6.07) is 3.42. The van der Waals surface area contributed by atoms with Gasteiger partial charge in [0, 0.05) is 17.1 Å². The first kappa shape index (κ1) is 19.0. The van der Waals surface area contributed by atoms with Gasteiger partial charge in [0.2, 0.25) is 10.0 Å². The van der Waals surface area contributed by atoms with Gasteiger partial charge in [-0.25, -0.2) is 13.1 Å². The molecule has 3 N–H and O–H groups in total. The van der Waals surface area contributed by atoms with Crippen molar-refractivity contribution in [1.82, 2.24) is 4.72 Å². The molecule has 1 aromatic rings. The molecule has 1 atom stereocenters. The maximum Gasteiger partial charge on any atom is 0.241 e. The number of nitrogens with two attached hydrogens (primary N) is 1. The molecule has 0 aromatic heterocycles. The summed E-state index contributed by atoms with van der Waals surface area (Å²) in [6.07, 6.45) is 0.814. The maximum absolute atomic E-state index is 12.5. The first-order valence-electron chi connectivity index (χ1n) is 6.91. The van der Waals surface area contributed by atoms with E-state index in [0.717, 1.165) is 28.0 Å². The molecule has 0 bridgehead atoms. The van der Waals surface area contributed by atoms with Crippen LogP contribution in [-0.2, 0) is 16.6 Å². The summed E-state index contributed by atoms with van der Waals surface area (Å²) in [5.41, 5.74) is 7.12. The highest BCUT2D eigenvalue weighted by molar-refractivity contribution is 9.10. The fraction of sp³-hybridized carbons (Fsp3) is 0.571. The lowest BCUT2D eigenvalue weighted by Gasteiger charge is -2.16. The monoisotopic (exact) mass is 394 g/mol. The van der Waals surface area contributed by atoms with Gasteiger partial charge in [-0.15, -0.1) is 0 Å².